The number of aryl methyl sites for hydroxylation is 1. The number of hydrogen-bond donors (Lipinski definition) is 1. The Bertz CT molecular complexity index is 951. The number of methoxy groups -OCH3 is 1. The van der Waals surface area contributed by atoms with Crippen LogP contribution in [0.15, 0.2) is 47.4 Å². The van der Waals surface area contributed by atoms with Crippen LogP contribution in [0.3, 0.4) is 0 Å². The molecule has 0 aliphatic carbocycles. The molecule has 2 aromatic rings. The van der Waals surface area contributed by atoms with Crippen molar-refractivity contribution < 1.29 is 17.9 Å². The van der Waals surface area contributed by atoms with Gasteiger partial charge in [-0.05, 0) is 69.2 Å². The van der Waals surface area contributed by atoms with Crippen molar-refractivity contribution in [2.75, 3.05) is 18.5 Å². The smallest absolute Gasteiger partial charge is 0.264 e. The van der Waals surface area contributed by atoms with E-state index in [1.807, 2.05) is 27.7 Å². The third-order valence-corrected chi connectivity index (χ3v) is 6.65. The van der Waals surface area contributed by atoms with Gasteiger partial charge >= 0.3 is 0 Å². The molecule has 0 saturated heterocycles. The minimum Gasteiger partial charge on any atom is -0.497 e. The van der Waals surface area contributed by atoms with Gasteiger partial charge < -0.3 is 10.1 Å². The van der Waals surface area contributed by atoms with Gasteiger partial charge in [-0.2, -0.15) is 0 Å². The second-order valence-corrected chi connectivity index (χ2v) is 9.31. The van der Waals surface area contributed by atoms with E-state index < -0.39 is 10.0 Å². The zero-order valence-electron chi connectivity index (χ0n) is 17.2. The van der Waals surface area contributed by atoms with Gasteiger partial charge in [0.25, 0.3) is 15.9 Å². The lowest BCUT2D eigenvalue weighted by atomic mass is 10.0. The van der Waals surface area contributed by atoms with Crippen LogP contribution in [0.5, 0.6) is 5.75 Å². The summed E-state index contributed by atoms with van der Waals surface area (Å²) in [6.45, 7) is 7.70. The lowest BCUT2D eigenvalue weighted by Crippen LogP contribution is -2.42. The summed E-state index contributed by atoms with van der Waals surface area (Å²) in [5.41, 5.74) is 1.28. The van der Waals surface area contributed by atoms with E-state index in [0.29, 0.717) is 17.0 Å². The Morgan fingerprint density at radius 1 is 1.14 bits per heavy atom. The van der Waals surface area contributed by atoms with Crippen molar-refractivity contribution in [1.29, 1.82) is 0 Å². The Kier molecular flexibility index (Phi) is 6.39. The minimum absolute atomic E-state index is 0.150. The van der Waals surface area contributed by atoms with Crippen LogP contribution < -0.4 is 14.4 Å². The van der Waals surface area contributed by atoms with Gasteiger partial charge in [0, 0.05) is 18.2 Å². The molecular formula is C21H28N2O4S. The van der Waals surface area contributed by atoms with Crippen molar-refractivity contribution in [1.82, 2.24) is 5.32 Å². The van der Waals surface area contributed by atoms with Crippen molar-refractivity contribution in [2.45, 2.75) is 44.6 Å². The highest BCUT2D eigenvalue weighted by Gasteiger charge is 2.24. The molecule has 0 radical (unpaired) electrons. The largest absolute Gasteiger partial charge is 0.497 e. The van der Waals surface area contributed by atoms with Gasteiger partial charge in [-0.25, -0.2) is 8.42 Å². The topological polar surface area (TPSA) is 75.7 Å². The monoisotopic (exact) mass is 404 g/mol. The van der Waals surface area contributed by atoms with Crippen LogP contribution in [0.2, 0.25) is 0 Å². The number of ether oxygens (including phenoxy) is 1. The molecule has 0 spiro atoms. The first-order chi connectivity index (χ1) is 13.0. The number of carbonyl (C=O) groups is 1. The maximum absolute atomic E-state index is 13.0. The number of rotatable bonds is 7. The summed E-state index contributed by atoms with van der Waals surface area (Å²) in [7, 11) is -0.767. The Labute approximate surface area is 167 Å². The predicted molar refractivity (Wildman–Crippen MR) is 112 cm³/mol. The molecule has 0 atom stereocenters. The lowest BCUT2D eigenvalue weighted by Gasteiger charge is -2.25. The standard InChI is InChI=1S/C21H28N2O4S/c1-7-21(3,4)22-20(24)16-9-8-15(2)19(14-16)23(5)28(25,26)18-12-10-17(27-6)11-13-18/h8-14H,7H2,1-6H3,(H,22,24). The zero-order chi connectivity index (χ0) is 21.1. The summed E-state index contributed by atoms with van der Waals surface area (Å²) in [5, 5.41) is 2.97. The summed E-state index contributed by atoms with van der Waals surface area (Å²) >= 11 is 0. The molecule has 7 heteroatoms. The van der Waals surface area contributed by atoms with Crippen LogP contribution in [0.1, 0.15) is 43.1 Å². The van der Waals surface area contributed by atoms with Crippen LogP contribution in [0.25, 0.3) is 0 Å². The van der Waals surface area contributed by atoms with Crippen LogP contribution in [-0.4, -0.2) is 34.0 Å². The van der Waals surface area contributed by atoms with Crippen LogP contribution in [0.4, 0.5) is 5.69 Å². The first kappa shape index (κ1) is 21.8. The Hall–Kier alpha value is -2.54. The van der Waals surface area contributed by atoms with Crippen LogP contribution in [0, 0.1) is 6.92 Å². The number of hydrogen-bond acceptors (Lipinski definition) is 4. The number of amides is 1. The SMILES string of the molecule is CCC(C)(C)NC(=O)c1ccc(C)c(N(C)S(=O)(=O)c2ccc(OC)cc2)c1. The second-order valence-electron chi connectivity index (χ2n) is 7.34. The molecule has 6 nitrogen and oxygen atoms in total. The molecule has 1 N–H and O–H groups in total. The summed E-state index contributed by atoms with van der Waals surface area (Å²) in [6, 6.07) is 11.3. The fourth-order valence-electron chi connectivity index (χ4n) is 2.59. The summed E-state index contributed by atoms with van der Waals surface area (Å²) < 4.78 is 32.3. The van der Waals surface area contributed by atoms with Gasteiger partial charge in [0.05, 0.1) is 17.7 Å². The van der Waals surface area contributed by atoms with E-state index in [1.165, 1.54) is 30.6 Å². The molecule has 1 amide bonds. The second kappa shape index (κ2) is 8.22. The summed E-state index contributed by atoms with van der Waals surface area (Å²) in [5.74, 6) is 0.346. The molecular weight excluding hydrogens is 376 g/mol. The number of benzene rings is 2. The molecule has 0 aromatic heterocycles. The Morgan fingerprint density at radius 3 is 2.29 bits per heavy atom. The predicted octanol–water partition coefficient (Wildman–Crippen LogP) is 3.75. The van der Waals surface area contributed by atoms with Crippen LogP contribution in [-0.2, 0) is 10.0 Å². The average Bonchev–Trinajstić information content (AvgIpc) is 2.67. The molecule has 0 aliphatic rings. The van der Waals surface area contributed by atoms with Gasteiger partial charge in [0.2, 0.25) is 0 Å². The van der Waals surface area contributed by atoms with E-state index in [1.54, 1.807) is 30.3 Å². The molecule has 2 aromatic carbocycles. The molecule has 0 fully saturated rings. The van der Waals surface area contributed by atoms with E-state index in [0.717, 1.165) is 12.0 Å². The molecule has 0 heterocycles. The van der Waals surface area contributed by atoms with Crippen molar-refractivity contribution in [2.24, 2.45) is 0 Å². The third-order valence-electron chi connectivity index (χ3n) is 4.86. The summed E-state index contributed by atoms with van der Waals surface area (Å²) in [6.07, 6.45) is 0.781. The number of sulfonamides is 1. The molecule has 0 saturated carbocycles. The van der Waals surface area contributed by atoms with E-state index in [9.17, 15) is 13.2 Å². The average molecular weight is 405 g/mol. The maximum atomic E-state index is 13.0. The molecule has 152 valence electrons. The van der Waals surface area contributed by atoms with Crippen molar-refractivity contribution in [3.8, 4) is 5.75 Å². The van der Waals surface area contributed by atoms with E-state index >= 15 is 0 Å². The van der Waals surface area contributed by atoms with Gasteiger partial charge in [0.1, 0.15) is 5.75 Å². The van der Waals surface area contributed by atoms with Crippen molar-refractivity contribution in [3.63, 3.8) is 0 Å². The highest BCUT2D eigenvalue weighted by atomic mass is 32.2. The number of carbonyl (C=O) groups excluding carboxylic acids is 1. The first-order valence-corrected chi connectivity index (χ1v) is 10.5. The minimum atomic E-state index is -3.78. The maximum Gasteiger partial charge on any atom is 0.264 e. The summed E-state index contributed by atoms with van der Waals surface area (Å²) in [4.78, 5) is 12.8. The fourth-order valence-corrected chi connectivity index (χ4v) is 3.84. The number of nitrogens with zero attached hydrogens (tertiary/aromatic N) is 1. The fraction of sp³-hybridized carbons (Fsp3) is 0.381. The Morgan fingerprint density at radius 2 is 1.75 bits per heavy atom. The highest BCUT2D eigenvalue weighted by Crippen LogP contribution is 2.27. The quantitative estimate of drug-likeness (QED) is 0.763. The molecule has 2 rings (SSSR count). The zero-order valence-corrected chi connectivity index (χ0v) is 18.1. The first-order valence-electron chi connectivity index (χ1n) is 9.08. The van der Waals surface area contributed by atoms with E-state index in [4.69, 9.17) is 4.74 Å². The Balaban J connectivity index is 2.39. The highest BCUT2D eigenvalue weighted by molar-refractivity contribution is 7.92. The lowest BCUT2D eigenvalue weighted by molar-refractivity contribution is 0.0911. The number of nitrogens with one attached hydrogen (secondary N) is 1. The normalized spacial score (nSPS) is 11.8. The van der Waals surface area contributed by atoms with Gasteiger partial charge in [-0.15, -0.1) is 0 Å². The molecule has 28 heavy (non-hydrogen) atoms. The van der Waals surface area contributed by atoms with E-state index in [-0.39, 0.29) is 16.3 Å². The third kappa shape index (κ3) is 4.65. The number of anilines is 1. The van der Waals surface area contributed by atoms with Crippen molar-refractivity contribution >= 4 is 21.6 Å². The van der Waals surface area contributed by atoms with E-state index in [2.05, 4.69) is 5.32 Å². The molecule has 0 unspecified atom stereocenters. The van der Waals surface area contributed by atoms with Gasteiger partial charge in [-0.1, -0.05) is 13.0 Å². The van der Waals surface area contributed by atoms with Crippen LogP contribution >= 0.6 is 0 Å². The molecule has 0 aliphatic heterocycles. The van der Waals surface area contributed by atoms with Gasteiger partial charge in [0.15, 0.2) is 0 Å². The molecule has 0 bridgehead atoms. The van der Waals surface area contributed by atoms with Gasteiger partial charge in [-0.3, -0.25) is 9.10 Å². The van der Waals surface area contributed by atoms with Crippen molar-refractivity contribution in [3.05, 3.63) is 53.6 Å².